The van der Waals surface area contributed by atoms with Crippen LogP contribution in [-0.4, -0.2) is 33.1 Å². The van der Waals surface area contributed by atoms with E-state index in [-0.39, 0.29) is 11.7 Å². The average Bonchev–Trinajstić information content (AvgIpc) is 2.46. The number of hydrogen-bond acceptors (Lipinski definition) is 3. The molecule has 5 heteroatoms. The van der Waals surface area contributed by atoms with Gasteiger partial charge in [0.1, 0.15) is 5.82 Å². The summed E-state index contributed by atoms with van der Waals surface area (Å²) in [7, 11) is 3.49. The Labute approximate surface area is 120 Å². The van der Waals surface area contributed by atoms with Crippen LogP contribution >= 0.6 is 0 Å². The molecule has 0 atom stereocenters. The number of benzene rings is 1. The third-order valence-corrected chi connectivity index (χ3v) is 3.19. The second-order valence-electron chi connectivity index (χ2n) is 4.76. The molecule has 0 bridgehead atoms. The number of hydrogen-bond donors (Lipinski definition) is 2. The summed E-state index contributed by atoms with van der Waals surface area (Å²) in [4.78, 5) is 13.2. The summed E-state index contributed by atoms with van der Waals surface area (Å²) in [6.07, 6.45) is 1.40. The fraction of sp³-hybridized carbons (Fsp3) is 0.533. The minimum atomic E-state index is -0.210. The van der Waals surface area contributed by atoms with Gasteiger partial charge in [0.05, 0.1) is 0 Å². The zero-order valence-electron chi connectivity index (χ0n) is 12.5. The Hall–Kier alpha value is -1.62. The zero-order valence-corrected chi connectivity index (χ0v) is 12.5. The molecule has 1 rings (SSSR count). The fourth-order valence-corrected chi connectivity index (χ4v) is 1.98. The Morgan fingerprint density at radius 3 is 2.80 bits per heavy atom. The first-order valence-corrected chi connectivity index (χ1v) is 7.00. The maximum absolute atomic E-state index is 14.0. The first-order valence-electron chi connectivity index (χ1n) is 7.00. The highest BCUT2D eigenvalue weighted by atomic mass is 19.1. The van der Waals surface area contributed by atoms with Gasteiger partial charge in [0.25, 0.3) is 0 Å². The van der Waals surface area contributed by atoms with Crippen LogP contribution in [0.2, 0.25) is 0 Å². The Bertz CT molecular complexity index is 437. The molecular formula is C15H24FN3O. The van der Waals surface area contributed by atoms with Gasteiger partial charge in [0.15, 0.2) is 0 Å². The van der Waals surface area contributed by atoms with Crippen molar-refractivity contribution in [3.63, 3.8) is 0 Å². The molecule has 0 radical (unpaired) electrons. The lowest BCUT2D eigenvalue weighted by Crippen LogP contribution is -2.28. The van der Waals surface area contributed by atoms with Crippen molar-refractivity contribution in [2.24, 2.45) is 0 Å². The van der Waals surface area contributed by atoms with Gasteiger partial charge in [-0.3, -0.25) is 4.79 Å². The van der Waals surface area contributed by atoms with Crippen LogP contribution in [0.15, 0.2) is 18.2 Å². The van der Waals surface area contributed by atoms with Crippen LogP contribution in [0.3, 0.4) is 0 Å². The van der Waals surface area contributed by atoms with E-state index in [0.29, 0.717) is 25.1 Å². The topological polar surface area (TPSA) is 44.4 Å². The van der Waals surface area contributed by atoms with E-state index in [0.717, 1.165) is 18.7 Å². The number of anilines is 1. The van der Waals surface area contributed by atoms with E-state index in [2.05, 4.69) is 17.6 Å². The molecule has 20 heavy (non-hydrogen) atoms. The van der Waals surface area contributed by atoms with Gasteiger partial charge in [-0.1, -0.05) is 13.0 Å². The molecule has 0 saturated heterocycles. The minimum Gasteiger partial charge on any atom is -0.374 e. The van der Waals surface area contributed by atoms with Crippen LogP contribution in [0.4, 0.5) is 10.1 Å². The van der Waals surface area contributed by atoms with E-state index in [4.69, 9.17) is 0 Å². The molecule has 2 N–H and O–H groups in total. The number of nitrogens with zero attached hydrogens (tertiary/aromatic N) is 1. The largest absolute Gasteiger partial charge is 0.374 e. The van der Waals surface area contributed by atoms with Crippen LogP contribution in [0.5, 0.6) is 0 Å². The number of rotatable bonds is 8. The first-order chi connectivity index (χ1) is 9.60. The van der Waals surface area contributed by atoms with Crippen LogP contribution in [0.25, 0.3) is 0 Å². The van der Waals surface area contributed by atoms with E-state index in [9.17, 15) is 9.18 Å². The summed E-state index contributed by atoms with van der Waals surface area (Å²) >= 11 is 0. The van der Waals surface area contributed by atoms with Gasteiger partial charge in [0, 0.05) is 44.9 Å². The summed E-state index contributed by atoms with van der Waals surface area (Å²) < 4.78 is 14.0. The number of amides is 1. The first kappa shape index (κ1) is 16.4. The van der Waals surface area contributed by atoms with Crippen molar-refractivity contribution < 1.29 is 9.18 Å². The molecule has 0 heterocycles. The molecule has 0 spiro atoms. The predicted molar refractivity (Wildman–Crippen MR) is 80.4 cm³/mol. The van der Waals surface area contributed by atoms with Crippen molar-refractivity contribution in [2.45, 2.75) is 26.3 Å². The Morgan fingerprint density at radius 2 is 2.15 bits per heavy atom. The zero-order chi connectivity index (χ0) is 15.0. The van der Waals surface area contributed by atoms with Gasteiger partial charge in [-0.2, -0.15) is 0 Å². The van der Waals surface area contributed by atoms with Gasteiger partial charge in [-0.15, -0.1) is 0 Å². The monoisotopic (exact) mass is 281 g/mol. The summed E-state index contributed by atoms with van der Waals surface area (Å²) in [5, 5.41) is 5.81. The van der Waals surface area contributed by atoms with Crippen molar-refractivity contribution in [1.29, 1.82) is 0 Å². The molecule has 0 unspecified atom stereocenters. The third kappa shape index (κ3) is 4.81. The molecule has 0 aliphatic rings. The standard InChI is InChI=1S/C15H24FN3O/c1-4-9-18-11-12-13(16)6-5-7-14(12)19(3)10-8-15(20)17-2/h5-7,18H,4,8-11H2,1-3H3,(H,17,20). The summed E-state index contributed by atoms with van der Waals surface area (Å²) in [5.41, 5.74) is 1.48. The van der Waals surface area contributed by atoms with Gasteiger partial charge >= 0.3 is 0 Å². The highest BCUT2D eigenvalue weighted by Gasteiger charge is 2.12. The number of halogens is 1. The smallest absolute Gasteiger partial charge is 0.221 e. The lowest BCUT2D eigenvalue weighted by molar-refractivity contribution is -0.120. The van der Waals surface area contributed by atoms with Crippen molar-refractivity contribution in [3.8, 4) is 0 Å². The highest BCUT2D eigenvalue weighted by Crippen LogP contribution is 2.22. The van der Waals surface area contributed by atoms with Crippen LogP contribution in [0.1, 0.15) is 25.3 Å². The SMILES string of the molecule is CCCNCc1c(F)cccc1N(C)CCC(=O)NC. The van der Waals surface area contributed by atoms with E-state index in [1.807, 2.05) is 18.0 Å². The second kappa shape index (κ2) is 8.53. The van der Waals surface area contributed by atoms with E-state index < -0.39 is 0 Å². The Balaban J connectivity index is 2.76. The number of carbonyl (C=O) groups is 1. The molecule has 4 nitrogen and oxygen atoms in total. The molecule has 0 saturated carbocycles. The Kier molecular flexibility index (Phi) is 7.01. The quantitative estimate of drug-likeness (QED) is 0.715. The molecule has 1 aromatic rings. The third-order valence-electron chi connectivity index (χ3n) is 3.19. The number of nitrogens with one attached hydrogen (secondary N) is 2. The van der Waals surface area contributed by atoms with Gasteiger partial charge in [0.2, 0.25) is 5.91 Å². The molecule has 0 fully saturated rings. The van der Waals surface area contributed by atoms with Gasteiger partial charge in [-0.25, -0.2) is 4.39 Å². The van der Waals surface area contributed by atoms with Crippen molar-refractivity contribution in [3.05, 3.63) is 29.6 Å². The fourth-order valence-electron chi connectivity index (χ4n) is 1.98. The average molecular weight is 281 g/mol. The summed E-state index contributed by atoms with van der Waals surface area (Å²) in [6.45, 7) is 3.99. The van der Waals surface area contributed by atoms with Crippen molar-refractivity contribution in [1.82, 2.24) is 10.6 Å². The number of carbonyl (C=O) groups excluding carboxylic acids is 1. The maximum Gasteiger partial charge on any atom is 0.221 e. The van der Waals surface area contributed by atoms with Gasteiger partial charge < -0.3 is 15.5 Å². The van der Waals surface area contributed by atoms with Crippen molar-refractivity contribution >= 4 is 11.6 Å². The lowest BCUT2D eigenvalue weighted by atomic mass is 10.1. The van der Waals surface area contributed by atoms with Crippen LogP contribution in [-0.2, 0) is 11.3 Å². The Morgan fingerprint density at radius 1 is 1.40 bits per heavy atom. The molecule has 112 valence electrons. The van der Waals surface area contributed by atoms with Crippen LogP contribution < -0.4 is 15.5 Å². The van der Waals surface area contributed by atoms with E-state index >= 15 is 0 Å². The lowest BCUT2D eigenvalue weighted by Gasteiger charge is -2.22. The summed E-state index contributed by atoms with van der Waals surface area (Å²) in [6, 6.07) is 5.05. The van der Waals surface area contributed by atoms with Crippen LogP contribution in [0, 0.1) is 5.82 Å². The molecular weight excluding hydrogens is 257 g/mol. The molecule has 1 amide bonds. The maximum atomic E-state index is 14.0. The molecule has 1 aromatic carbocycles. The second-order valence-corrected chi connectivity index (χ2v) is 4.76. The molecule has 0 aliphatic carbocycles. The molecule has 0 aromatic heterocycles. The van der Waals surface area contributed by atoms with Gasteiger partial charge in [-0.05, 0) is 25.1 Å². The van der Waals surface area contributed by atoms with Crippen molar-refractivity contribution in [2.75, 3.05) is 32.1 Å². The van der Waals surface area contributed by atoms with E-state index in [1.54, 1.807) is 13.1 Å². The summed E-state index contributed by atoms with van der Waals surface area (Å²) in [5.74, 6) is -0.225. The normalized spacial score (nSPS) is 10.4. The molecule has 0 aliphatic heterocycles. The minimum absolute atomic E-state index is 0.0149. The van der Waals surface area contributed by atoms with E-state index in [1.165, 1.54) is 6.07 Å². The predicted octanol–water partition coefficient (Wildman–Crippen LogP) is 1.90. The highest BCUT2D eigenvalue weighted by molar-refractivity contribution is 5.76.